The van der Waals surface area contributed by atoms with Gasteiger partial charge in [-0.05, 0) is 23.9 Å². The minimum absolute atomic E-state index is 0.0904. The van der Waals surface area contributed by atoms with Crippen molar-refractivity contribution in [1.29, 1.82) is 0 Å². The highest BCUT2D eigenvalue weighted by molar-refractivity contribution is 7.09. The number of hydrogen-bond acceptors (Lipinski definition) is 4. The summed E-state index contributed by atoms with van der Waals surface area (Å²) in [5.41, 5.74) is 1.19. The smallest absolute Gasteiger partial charge is 0.291 e. The van der Waals surface area contributed by atoms with E-state index in [1.807, 2.05) is 53.3 Å². The van der Waals surface area contributed by atoms with Crippen molar-refractivity contribution >= 4 is 39.0 Å². The summed E-state index contributed by atoms with van der Waals surface area (Å²) in [4.78, 5) is 27.0. The van der Waals surface area contributed by atoms with Gasteiger partial charge < -0.3 is 9.88 Å². The van der Waals surface area contributed by atoms with Crippen LogP contribution < -0.4 is 10.9 Å². The van der Waals surface area contributed by atoms with E-state index in [-0.39, 0.29) is 11.5 Å². The van der Waals surface area contributed by atoms with Crippen LogP contribution in [0.15, 0.2) is 52.8 Å². The number of thiophene rings is 1. The first-order valence-electron chi connectivity index (χ1n) is 8.87. The number of nitrogens with zero attached hydrogens (tertiary/aromatic N) is 3. The van der Waals surface area contributed by atoms with Gasteiger partial charge in [-0.15, -0.1) is 11.3 Å². The Hall–Kier alpha value is -2.93. The van der Waals surface area contributed by atoms with E-state index in [0.29, 0.717) is 18.5 Å². The van der Waals surface area contributed by atoms with Crippen molar-refractivity contribution in [1.82, 2.24) is 19.7 Å². The molecule has 6 nitrogen and oxygen atoms in total. The van der Waals surface area contributed by atoms with Crippen LogP contribution in [0, 0.1) is 0 Å². The quantitative estimate of drug-likeness (QED) is 0.578. The highest BCUT2D eigenvalue weighted by Crippen LogP contribution is 2.30. The van der Waals surface area contributed by atoms with Gasteiger partial charge in [-0.25, -0.2) is 4.68 Å². The zero-order valence-electron chi connectivity index (χ0n) is 15.2. The summed E-state index contributed by atoms with van der Waals surface area (Å²) in [6.45, 7) is 2.45. The molecule has 0 aliphatic rings. The molecule has 4 rings (SSSR count). The van der Waals surface area contributed by atoms with Crippen molar-refractivity contribution < 1.29 is 4.79 Å². The molecule has 7 heteroatoms. The number of rotatable bonds is 5. The zero-order valence-corrected chi connectivity index (χ0v) is 16.0. The second-order valence-corrected chi connectivity index (χ2v) is 7.48. The fourth-order valence-electron chi connectivity index (χ4n) is 3.50. The molecule has 0 fully saturated rings. The summed E-state index contributed by atoms with van der Waals surface area (Å²) in [5.74, 6) is -0.0904. The maximum Gasteiger partial charge on any atom is 0.291 e. The van der Waals surface area contributed by atoms with Crippen LogP contribution in [0.25, 0.3) is 21.8 Å². The number of para-hydroxylation sites is 1. The molecule has 0 bridgehead atoms. The largest absolute Gasteiger partial charge is 0.349 e. The molecule has 4 aromatic rings. The molecule has 3 aromatic heterocycles. The van der Waals surface area contributed by atoms with Crippen LogP contribution in [0.5, 0.6) is 0 Å². The Morgan fingerprint density at radius 2 is 2.04 bits per heavy atom. The van der Waals surface area contributed by atoms with Gasteiger partial charge in [-0.2, -0.15) is 5.10 Å². The lowest BCUT2D eigenvalue weighted by molar-refractivity contribution is -0.124. The van der Waals surface area contributed by atoms with Gasteiger partial charge in [0.05, 0.1) is 18.3 Å². The van der Waals surface area contributed by atoms with Gasteiger partial charge in [0.25, 0.3) is 5.56 Å². The molecule has 0 aliphatic heterocycles. The molecule has 0 unspecified atom stereocenters. The first-order chi connectivity index (χ1) is 13.1. The molecule has 1 N–H and O–H groups in total. The third-order valence-electron chi connectivity index (χ3n) is 4.82. The molecule has 0 saturated heterocycles. The van der Waals surface area contributed by atoms with Crippen molar-refractivity contribution in [2.24, 2.45) is 7.05 Å². The topological polar surface area (TPSA) is 68.9 Å². The molecule has 0 aliphatic carbocycles. The van der Waals surface area contributed by atoms with Crippen molar-refractivity contribution in [3.05, 3.63) is 63.2 Å². The van der Waals surface area contributed by atoms with Crippen LogP contribution >= 0.6 is 11.3 Å². The van der Waals surface area contributed by atoms with Gasteiger partial charge in [0.15, 0.2) is 0 Å². The Bertz CT molecular complexity index is 1170. The number of benzene rings is 1. The van der Waals surface area contributed by atoms with Crippen LogP contribution in [-0.4, -0.2) is 20.3 Å². The van der Waals surface area contributed by atoms with E-state index in [0.717, 1.165) is 21.2 Å². The summed E-state index contributed by atoms with van der Waals surface area (Å²) >= 11 is 1.61. The molecule has 1 amide bonds. The Labute approximate surface area is 160 Å². The lowest BCUT2D eigenvalue weighted by Gasteiger charge is -2.19. The van der Waals surface area contributed by atoms with Gasteiger partial charge in [0.2, 0.25) is 5.91 Å². The van der Waals surface area contributed by atoms with Crippen molar-refractivity contribution in [3.63, 3.8) is 0 Å². The fourth-order valence-corrected chi connectivity index (χ4v) is 4.15. The van der Waals surface area contributed by atoms with Gasteiger partial charge in [-0.3, -0.25) is 9.59 Å². The number of aromatic nitrogens is 3. The van der Waals surface area contributed by atoms with Gasteiger partial charge >= 0.3 is 0 Å². The van der Waals surface area contributed by atoms with Gasteiger partial charge in [0, 0.05) is 22.7 Å². The molecule has 27 heavy (non-hydrogen) atoms. The SMILES string of the molecule is CC[C@H](C(=O)NCc1cccs1)n1c2ccccc2c2cnn(C)c(=O)c21. The number of carbonyl (C=O) groups excluding carboxylic acids is 1. The van der Waals surface area contributed by atoms with Crippen LogP contribution in [0.1, 0.15) is 24.3 Å². The summed E-state index contributed by atoms with van der Waals surface area (Å²) in [7, 11) is 1.63. The zero-order chi connectivity index (χ0) is 19.0. The highest BCUT2D eigenvalue weighted by atomic mass is 32.1. The van der Waals surface area contributed by atoms with E-state index in [9.17, 15) is 9.59 Å². The van der Waals surface area contributed by atoms with Crippen LogP contribution in [-0.2, 0) is 18.4 Å². The molecule has 138 valence electrons. The Morgan fingerprint density at radius 3 is 2.78 bits per heavy atom. The van der Waals surface area contributed by atoms with E-state index in [4.69, 9.17) is 0 Å². The normalized spacial score (nSPS) is 12.5. The van der Waals surface area contributed by atoms with Gasteiger partial charge in [0.1, 0.15) is 11.6 Å². The number of carbonyl (C=O) groups is 1. The number of nitrogens with one attached hydrogen (secondary N) is 1. The average Bonchev–Trinajstić information content (AvgIpc) is 3.31. The van der Waals surface area contributed by atoms with E-state index in [1.165, 1.54) is 4.68 Å². The van der Waals surface area contributed by atoms with E-state index in [2.05, 4.69) is 10.4 Å². The second-order valence-electron chi connectivity index (χ2n) is 6.44. The fraction of sp³-hybridized carbons (Fsp3) is 0.250. The maximum absolute atomic E-state index is 13.0. The summed E-state index contributed by atoms with van der Waals surface area (Å²) < 4.78 is 3.19. The number of hydrogen-bond donors (Lipinski definition) is 1. The van der Waals surface area contributed by atoms with Crippen molar-refractivity contribution in [3.8, 4) is 0 Å². The average molecular weight is 380 g/mol. The second kappa shape index (κ2) is 7.00. The highest BCUT2D eigenvalue weighted by Gasteiger charge is 2.25. The predicted molar refractivity (Wildman–Crippen MR) is 108 cm³/mol. The molecule has 0 radical (unpaired) electrons. The minimum atomic E-state index is -0.470. The van der Waals surface area contributed by atoms with Crippen molar-refractivity contribution in [2.45, 2.75) is 25.9 Å². The first kappa shape index (κ1) is 17.5. The molecular weight excluding hydrogens is 360 g/mol. The maximum atomic E-state index is 13.0. The summed E-state index contributed by atoms with van der Waals surface area (Å²) in [6.07, 6.45) is 2.28. The molecule has 1 atom stereocenters. The molecular formula is C20H20N4O2S. The molecule has 0 spiro atoms. The Balaban J connectivity index is 1.85. The molecule has 0 saturated carbocycles. The number of aryl methyl sites for hydroxylation is 1. The summed E-state index contributed by atoms with van der Waals surface area (Å²) in [5, 5.41) is 10.9. The van der Waals surface area contributed by atoms with Crippen LogP contribution in [0.4, 0.5) is 0 Å². The third kappa shape index (κ3) is 2.94. The lowest BCUT2D eigenvalue weighted by atomic mass is 10.2. The van der Waals surface area contributed by atoms with Crippen LogP contribution in [0.3, 0.4) is 0 Å². The van der Waals surface area contributed by atoms with E-state index >= 15 is 0 Å². The Kier molecular flexibility index (Phi) is 4.53. The van der Waals surface area contributed by atoms with Gasteiger partial charge in [-0.1, -0.05) is 31.2 Å². The van der Waals surface area contributed by atoms with Crippen molar-refractivity contribution in [2.75, 3.05) is 0 Å². The molecule has 1 aromatic carbocycles. The Morgan fingerprint density at radius 1 is 1.22 bits per heavy atom. The summed E-state index contributed by atoms with van der Waals surface area (Å²) in [6, 6.07) is 11.3. The first-order valence-corrected chi connectivity index (χ1v) is 9.74. The monoisotopic (exact) mass is 380 g/mol. The molecule has 3 heterocycles. The van der Waals surface area contributed by atoms with Crippen LogP contribution in [0.2, 0.25) is 0 Å². The predicted octanol–water partition coefficient (Wildman–Crippen LogP) is 3.22. The minimum Gasteiger partial charge on any atom is -0.349 e. The van der Waals surface area contributed by atoms with E-state index < -0.39 is 6.04 Å². The standard InChI is InChI=1S/C20H20N4O2S/c1-3-16(19(25)21-11-13-7-6-10-27-13)24-17-9-5-4-8-14(17)15-12-22-23(2)20(26)18(15)24/h4-10,12,16H,3,11H2,1-2H3,(H,21,25)/t16-/m1/s1. The third-order valence-corrected chi connectivity index (χ3v) is 5.70. The van der Waals surface area contributed by atoms with E-state index in [1.54, 1.807) is 24.6 Å². The lowest BCUT2D eigenvalue weighted by Crippen LogP contribution is -2.33. The number of amides is 1. The number of fused-ring (bicyclic) bond motifs is 3.